The Balaban J connectivity index is 0.000000646. The van der Waals surface area contributed by atoms with Crippen LogP contribution in [0.5, 0.6) is 0 Å². The van der Waals surface area contributed by atoms with Gasteiger partial charge in [0, 0.05) is 27.2 Å². The van der Waals surface area contributed by atoms with E-state index >= 15 is 0 Å². The van der Waals surface area contributed by atoms with Crippen LogP contribution in [0, 0.1) is 5.82 Å². The number of carboxylic acid groups (broad SMARTS) is 1. The third-order valence-electron chi connectivity index (χ3n) is 5.47. The molecule has 0 saturated carbocycles. The van der Waals surface area contributed by atoms with E-state index in [-0.39, 0.29) is 52.0 Å². The SMILES string of the molecule is O=C(O)C(F)(F)F.[2H]C([2H])([2H])O[C@@H]1CCN(S(=O)(=O)Nc2ccc(F)c(Nc3ccc4ncn(C)c(=O)c4c3Cl)c2Cl)C1. The molecular formula is C22H21Cl2F4N5O6S. The van der Waals surface area contributed by atoms with Crippen molar-refractivity contribution in [1.29, 1.82) is 0 Å². The number of alkyl halides is 3. The first-order valence-corrected chi connectivity index (χ1v) is 13.1. The van der Waals surface area contributed by atoms with Gasteiger partial charge in [-0.3, -0.25) is 9.52 Å². The van der Waals surface area contributed by atoms with E-state index in [0.29, 0.717) is 5.52 Å². The average Bonchev–Trinajstić information content (AvgIpc) is 3.34. The van der Waals surface area contributed by atoms with Crippen molar-refractivity contribution in [3.05, 3.63) is 56.8 Å². The van der Waals surface area contributed by atoms with Crippen LogP contribution in [0.15, 0.2) is 35.4 Å². The van der Waals surface area contributed by atoms with Crippen LogP contribution in [0.3, 0.4) is 0 Å². The number of nitrogens with one attached hydrogen (secondary N) is 2. The number of fused-ring (bicyclic) bond motifs is 1. The van der Waals surface area contributed by atoms with Gasteiger partial charge in [0.25, 0.3) is 5.56 Å². The van der Waals surface area contributed by atoms with Gasteiger partial charge >= 0.3 is 22.4 Å². The lowest BCUT2D eigenvalue weighted by molar-refractivity contribution is -0.192. The highest BCUT2D eigenvalue weighted by molar-refractivity contribution is 7.90. The van der Waals surface area contributed by atoms with Gasteiger partial charge < -0.3 is 19.7 Å². The van der Waals surface area contributed by atoms with Gasteiger partial charge in [-0.1, -0.05) is 23.2 Å². The maximum atomic E-state index is 14.7. The predicted molar refractivity (Wildman–Crippen MR) is 140 cm³/mol. The fourth-order valence-corrected chi connectivity index (χ4v) is 5.32. The van der Waals surface area contributed by atoms with Crippen LogP contribution >= 0.6 is 23.2 Å². The second-order valence-corrected chi connectivity index (χ2v) is 10.6. The van der Waals surface area contributed by atoms with Crippen molar-refractivity contribution in [3.8, 4) is 0 Å². The van der Waals surface area contributed by atoms with E-state index in [1.165, 1.54) is 30.1 Å². The van der Waals surface area contributed by atoms with Gasteiger partial charge in [0.1, 0.15) is 5.82 Å². The number of hydrogen-bond donors (Lipinski definition) is 3. The summed E-state index contributed by atoms with van der Waals surface area (Å²) in [5.41, 5.74) is -0.320. The molecule has 1 aromatic heterocycles. The highest BCUT2D eigenvalue weighted by atomic mass is 35.5. The number of hydrogen-bond acceptors (Lipinski definition) is 7. The van der Waals surface area contributed by atoms with Gasteiger partial charge in [-0.05, 0) is 30.7 Å². The monoisotopic (exact) mass is 632 g/mol. The number of ether oxygens (including phenoxy) is 1. The summed E-state index contributed by atoms with van der Waals surface area (Å²) in [4.78, 5) is 25.5. The molecule has 3 N–H and O–H groups in total. The molecule has 1 fully saturated rings. The number of halogens is 6. The van der Waals surface area contributed by atoms with Crippen molar-refractivity contribution in [2.45, 2.75) is 18.7 Å². The van der Waals surface area contributed by atoms with Gasteiger partial charge in [0.15, 0.2) is 0 Å². The molecule has 18 heteroatoms. The molecule has 2 aromatic carbocycles. The molecule has 0 aliphatic carbocycles. The van der Waals surface area contributed by atoms with Crippen LogP contribution in [0.25, 0.3) is 10.9 Å². The molecule has 4 rings (SSSR count). The predicted octanol–water partition coefficient (Wildman–Crippen LogP) is 4.13. The number of carboxylic acids is 1. The van der Waals surface area contributed by atoms with Crippen LogP contribution < -0.4 is 15.6 Å². The molecule has 0 spiro atoms. The molecule has 1 aliphatic heterocycles. The van der Waals surface area contributed by atoms with Gasteiger partial charge in [-0.25, -0.2) is 14.2 Å². The summed E-state index contributed by atoms with van der Waals surface area (Å²) in [5.74, 6) is -3.56. The average molecular weight is 633 g/mol. The minimum Gasteiger partial charge on any atom is -0.475 e. The zero-order valence-electron chi connectivity index (χ0n) is 23.1. The van der Waals surface area contributed by atoms with Crippen LogP contribution in [0.2, 0.25) is 10.0 Å². The summed E-state index contributed by atoms with van der Waals surface area (Å²) in [6.07, 6.45) is -4.34. The third kappa shape index (κ3) is 6.93. The summed E-state index contributed by atoms with van der Waals surface area (Å²) in [7, 11) is -5.31. The first-order valence-electron chi connectivity index (χ1n) is 12.4. The summed E-state index contributed by atoms with van der Waals surface area (Å²) < 4.78 is 103. The van der Waals surface area contributed by atoms with Gasteiger partial charge in [0.05, 0.1) is 54.6 Å². The molecule has 0 unspecified atom stereocenters. The van der Waals surface area contributed by atoms with Gasteiger partial charge in [0.2, 0.25) is 0 Å². The van der Waals surface area contributed by atoms with Crippen molar-refractivity contribution >= 4 is 67.3 Å². The number of aromatic nitrogens is 2. The van der Waals surface area contributed by atoms with Crippen molar-refractivity contribution in [2.24, 2.45) is 7.05 Å². The van der Waals surface area contributed by atoms with Crippen LogP contribution in [-0.4, -0.2) is 65.8 Å². The molecule has 1 saturated heterocycles. The second kappa shape index (κ2) is 12.1. The molecule has 0 bridgehead atoms. The third-order valence-corrected chi connectivity index (χ3v) is 7.75. The maximum Gasteiger partial charge on any atom is 0.490 e. The lowest BCUT2D eigenvalue weighted by Gasteiger charge is -2.20. The smallest absolute Gasteiger partial charge is 0.475 e. The number of aliphatic carboxylic acids is 1. The first-order chi connectivity index (χ1) is 19.7. The number of rotatable bonds is 6. The van der Waals surface area contributed by atoms with Crippen LogP contribution in [-0.2, 0) is 26.8 Å². The van der Waals surface area contributed by atoms with Crippen molar-refractivity contribution in [3.63, 3.8) is 0 Å². The molecule has 11 nitrogen and oxygen atoms in total. The van der Waals surface area contributed by atoms with E-state index in [4.69, 9.17) is 42.0 Å². The molecule has 218 valence electrons. The molecular weight excluding hydrogens is 609 g/mol. The summed E-state index contributed by atoms with van der Waals surface area (Å²) >= 11 is 12.8. The number of carbonyl (C=O) groups is 1. The van der Waals surface area contributed by atoms with Crippen molar-refractivity contribution < 1.29 is 44.7 Å². The Morgan fingerprint density at radius 2 is 1.88 bits per heavy atom. The topological polar surface area (TPSA) is 143 Å². The Kier molecular flexibility index (Phi) is 8.20. The Hall–Kier alpha value is -3.18. The molecule has 0 radical (unpaired) electrons. The van der Waals surface area contributed by atoms with E-state index in [0.717, 1.165) is 16.4 Å². The molecule has 40 heavy (non-hydrogen) atoms. The van der Waals surface area contributed by atoms with Crippen molar-refractivity contribution in [2.75, 3.05) is 30.2 Å². The van der Waals surface area contributed by atoms with Crippen LogP contribution in [0.1, 0.15) is 10.5 Å². The number of aryl methyl sites for hydroxylation is 1. The van der Waals surface area contributed by atoms with Gasteiger partial charge in [-0.15, -0.1) is 0 Å². The van der Waals surface area contributed by atoms with E-state index in [9.17, 15) is 30.8 Å². The zero-order valence-corrected chi connectivity index (χ0v) is 22.4. The zero-order chi connectivity index (χ0) is 32.5. The Labute approximate surface area is 238 Å². The Morgan fingerprint density at radius 3 is 2.50 bits per heavy atom. The Bertz CT molecular complexity index is 1710. The van der Waals surface area contributed by atoms with E-state index in [1.54, 1.807) is 0 Å². The summed E-state index contributed by atoms with van der Waals surface area (Å²) in [5, 5.41) is 9.67. The fourth-order valence-electron chi connectivity index (χ4n) is 3.45. The fraction of sp³-hybridized carbons (Fsp3) is 0.318. The molecule has 1 atom stereocenters. The highest BCUT2D eigenvalue weighted by Gasteiger charge is 2.38. The van der Waals surface area contributed by atoms with E-state index in [1.807, 2.05) is 0 Å². The minimum atomic E-state index is -5.08. The summed E-state index contributed by atoms with van der Waals surface area (Å²) in [6.45, 7) is -0.150. The molecule has 3 aromatic rings. The molecule has 1 aliphatic rings. The minimum absolute atomic E-state index is 0.0139. The first kappa shape index (κ1) is 27.0. The molecule has 0 amide bonds. The highest BCUT2D eigenvalue weighted by Crippen LogP contribution is 2.38. The number of methoxy groups -OCH3 is 1. The standard InChI is InChI=1S/C20H20Cl2FN5O4S.C2HF3O2/c1-27-10-24-13-5-6-14(17(21)16(13)20(27)29)25-19-12(23)3-4-15(18(19)22)26-33(30,31)28-8-7-11(9-28)32-2;3-2(4,5)1(6)7/h3-6,10-11,25-26H,7-9H2,1-2H3;(H,6,7)/t11-;/m1./s1/i2D3;. The largest absolute Gasteiger partial charge is 0.490 e. The number of anilines is 3. The lowest BCUT2D eigenvalue weighted by Crippen LogP contribution is -2.35. The summed E-state index contributed by atoms with van der Waals surface area (Å²) in [6, 6.07) is 5.16. The maximum absolute atomic E-state index is 14.7. The van der Waals surface area contributed by atoms with Crippen LogP contribution in [0.4, 0.5) is 34.6 Å². The second-order valence-electron chi connectivity index (χ2n) is 8.19. The van der Waals surface area contributed by atoms with E-state index < -0.39 is 46.9 Å². The quantitative estimate of drug-likeness (QED) is 0.344. The Morgan fingerprint density at radius 1 is 1.23 bits per heavy atom. The normalized spacial score (nSPS) is 17.4. The van der Waals surface area contributed by atoms with Crippen molar-refractivity contribution in [1.82, 2.24) is 13.9 Å². The van der Waals surface area contributed by atoms with E-state index in [2.05, 4.69) is 15.0 Å². The number of nitrogens with zero attached hydrogens (tertiary/aromatic N) is 3. The molecule has 2 heterocycles. The number of benzene rings is 2. The van der Waals surface area contributed by atoms with Gasteiger partial charge in [-0.2, -0.15) is 25.9 Å². The lowest BCUT2D eigenvalue weighted by atomic mass is 10.2.